The van der Waals surface area contributed by atoms with E-state index < -0.39 is 6.10 Å². The lowest BCUT2D eigenvalue weighted by Gasteiger charge is -2.18. The number of unbranched alkanes of at least 4 members (excludes halogenated alkanes) is 37. The van der Waals surface area contributed by atoms with Gasteiger partial charge in [0.2, 0.25) is 0 Å². The molecule has 0 aromatic rings. The fourth-order valence-electron chi connectivity index (χ4n) is 8.87. The van der Waals surface area contributed by atoms with Crippen molar-refractivity contribution in [1.29, 1.82) is 0 Å². The van der Waals surface area contributed by atoms with Crippen LogP contribution in [0.3, 0.4) is 0 Å². The molecule has 0 saturated heterocycles. The fraction of sp³-hybridized carbons (Fsp3) is 0.948. The van der Waals surface area contributed by atoms with Crippen molar-refractivity contribution in [3.63, 3.8) is 0 Å². The number of esters is 3. The zero-order chi connectivity index (χ0) is 46.8. The van der Waals surface area contributed by atoms with Gasteiger partial charge in [-0.1, -0.05) is 285 Å². The molecule has 64 heavy (non-hydrogen) atoms. The van der Waals surface area contributed by atoms with Gasteiger partial charge in [-0.3, -0.25) is 14.4 Å². The molecule has 6 nitrogen and oxygen atoms in total. The SMILES string of the molecule is CCCCCCCCCCCCCCCCCCC(=O)O[C@@H](COC(=O)CCCCCCCCCCCCCCCCC(C)C)COC(=O)CCCCCCCCCCCCC(C)C. The Kier molecular flexibility index (Phi) is 49.6. The van der Waals surface area contributed by atoms with Gasteiger partial charge in [0.1, 0.15) is 13.2 Å². The van der Waals surface area contributed by atoms with Crippen LogP contribution in [0.25, 0.3) is 0 Å². The number of carbonyl (C=O) groups excluding carboxylic acids is 3. The molecule has 0 heterocycles. The highest BCUT2D eigenvalue weighted by atomic mass is 16.6. The molecule has 0 aromatic carbocycles. The van der Waals surface area contributed by atoms with E-state index in [9.17, 15) is 14.4 Å². The van der Waals surface area contributed by atoms with Gasteiger partial charge in [0.15, 0.2) is 6.10 Å². The molecule has 0 aromatic heterocycles. The molecular weight excluding hydrogens is 793 g/mol. The van der Waals surface area contributed by atoms with E-state index in [1.54, 1.807) is 0 Å². The quantitative estimate of drug-likeness (QED) is 0.0344. The minimum atomic E-state index is -0.762. The Morgan fingerprint density at radius 2 is 0.516 bits per heavy atom. The Balaban J connectivity index is 4.29. The molecule has 0 radical (unpaired) electrons. The molecule has 1 atom stereocenters. The van der Waals surface area contributed by atoms with Crippen LogP contribution in [0.15, 0.2) is 0 Å². The van der Waals surface area contributed by atoms with Crippen LogP contribution in [-0.2, 0) is 28.6 Å². The first kappa shape index (κ1) is 62.4. The topological polar surface area (TPSA) is 78.9 Å². The maximum atomic E-state index is 12.8. The summed E-state index contributed by atoms with van der Waals surface area (Å²) in [6.45, 7) is 11.4. The highest BCUT2D eigenvalue weighted by Gasteiger charge is 2.19. The van der Waals surface area contributed by atoms with Crippen LogP contribution >= 0.6 is 0 Å². The van der Waals surface area contributed by atoms with E-state index in [4.69, 9.17) is 14.2 Å². The lowest BCUT2D eigenvalue weighted by Crippen LogP contribution is -2.30. The van der Waals surface area contributed by atoms with E-state index in [2.05, 4.69) is 34.6 Å². The third-order valence-corrected chi connectivity index (χ3v) is 13.2. The molecule has 0 spiro atoms. The van der Waals surface area contributed by atoms with Gasteiger partial charge in [0, 0.05) is 19.3 Å². The van der Waals surface area contributed by atoms with Crippen molar-refractivity contribution in [3.05, 3.63) is 0 Å². The highest BCUT2D eigenvalue weighted by molar-refractivity contribution is 5.71. The molecule has 6 heteroatoms. The maximum absolute atomic E-state index is 12.8. The Labute approximate surface area is 399 Å². The van der Waals surface area contributed by atoms with Crippen LogP contribution in [0.5, 0.6) is 0 Å². The van der Waals surface area contributed by atoms with E-state index >= 15 is 0 Å². The first-order valence-electron chi connectivity index (χ1n) is 28.7. The molecule has 0 bridgehead atoms. The van der Waals surface area contributed by atoms with Gasteiger partial charge in [0.05, 0.1) is 0 Å². The van der Waals surface area contributed by atoms with Crippen molar-refractivity contribution < 1.29 is 28.6 Å². The van der Waals surface area contributed by atoms with Crippen molar-refractivity contribution in [3.8, 4) is 0 Å². The van der Waals surface area contributed by atoms with Crippen molar-refractivity contribution >= 4 is 17.9 Å². The van der Waals surface area contributed by atoms with Gasteiger partial charge >= 0.3 is 17.9 Å². The van der Waals surface area contributed by atoms with E-state index in [0.717, 1.165) is 69.6 Å². The number of ether oxygens (including phenoxy) is 3. The van der Waals surface area contributed by atoms with E-state index in [1.165, 1.54) is 212 Å². The maximum Gasteiger partial charge on any atom is 0.306 e. The van der Waals surface area contributed by atoms with Crippen molar-refractivity contribution in [2.75, 3.05) is 13.2 Å². The summed E-state index contributed by atoms with van der Waals surface area (Å²) in [6.07, 6.45) is 53.8. The standard InChI is InChI=1S/C58H112O6/c1-6-7-8-9-10-11-12-13-14-15-20-23-30-35-40-45-50-58(61)64-55(52-63-57(60)49-44-39-34-29-25-24-27-32-37-42-47-54(4)5)51-62-56(59)48-43-38-33-28-22-19-17-16-18-21-26-31-36-41-46-53(2)3/h53-55H,6-52H2,1-5H3/t55-/m0/s1. The predicted molar refractivity (Wildman–Crippen MR) is 275 cm³/mol. The van der Waals surface area contributed by atoms with Gasteiger partial charge < -0.3 is 14.2 Å². The highest BCUT2D eigenvalue weighted by Crippen LogP contribution is 2.18. The Bertz CT molecular complexity index is 978. The average molecular weight is 906 g/mol. The fourth-order valence-corrected chi connectivity index (χ4v) is 8.87. The number of rotatable bonds is 52. The third kappa shape index (κ3) is 51.4. The predicted octanol–water partition coefficient (Wildman–Crippen LogP) is 18.9. The molecule has 0 rings (SSSR count). The normalized spacial score (nSPS) is 12.0. The molecule has 0 amide bonds. The van der Waals surface area contributed by atoms with Crippen LogP contribution in [0.1, 0.15) is 324 Å². The van der Waals surface area contributed by atoms with Crippen molar-refractivity contribution in [1.82, 2.24) is 0 Å². The summed E-state index contributed by atoms with van der Waals surface area (Å²) in [5.74, 6) is 0.823. The van der Waals surface area contributed by atoms with Crippen molar-refractivity contribution in [2.24, 2.45) is 11.8 Å². The molecule has 380 valence electrons. The van der Waals surface area contributed by atoms with Crippen LogP contribution in [0, 0.1) is 11.8 Å². The lowest BCUT2D eigenvalue weighted by atomic mass is 10.0. The second-order valence-electron chi connectivity index (χ2n) is 20.9. The summed E-state index contributed by atoms with van der Waals surface area (Å²) >= 11 is 0. The van der Waals surface area contributed by atoms with Crippen LogP contribution in [0.4, 0.5) is 0 Å². The monoisotopic (exact) mass is 905 g/mol. The first-order chi connectivity index (χ1) is 31.2. The summed E-state index contributed by atoms with van der Waals surface area (Å²) in [4.78, 5) is 38.1. The van der Waals surface area contributed by atoms with Gasteiger partial charge in [0.25, 0.3) is 0 Å². The zero-order valence-corrected chi connectivity index (χ0v) is 43.9. The smallest absolute Gasteiger partial charge is 0.306 e. The summed E-state index contributed by atoms with van der Waals surface area (Å²) in [7, 11) is 0. The lowest BCUT2D eigenvalue weighted by molar-refractivity contribution is -0.167. The summed E-state index contributed by atoms with van der Waals surface area (Å²) < 4.78 is 16.9. The van der Waals surface area contributed by atoms with Gasteiger partial charge in [-0.2, -0.15) is 0 Å². The molecule has 0 aliphatic rings. The van der Waals surface area contributed by atoms with E-state index in [0.29, 0.717) is 19.3 Å². The zero-order valence-electron chi connectivity index (χ0n) is 43.9. The summed E-state index contributed by atoms with van der Waals surface area (Å²) in [5, 5.41) is 0. The molecule has 0 aliphatic heterocycles. The summed E-state index contributed by atoms with van der Waals surface area (Å²) in [5.41, 5.74) is 0. The van der Waals surface area contributed by atoms with Gasteiger partial charge in [-0.25, -0.2) is 0 Å². The number of hydrogen-bond acceptors (Lipinski definition) is 6. The minimum Gasteiger partial charge on any atom is -0.462 e. The van der Waals surface area contributed by atoms with E-state index in [-0.39, 0.29) is 31.1 Å². The molecule has 0 fully saturated rings. The second-order valence-corrected chi connectivity index (χ2v) is 20.9. The first-order valence-corrected chi connectivity index (χ1v) is 28.7. The van der Waals surface area contributed by atoms with Gasteiger partial charge in [-0.05, 0) is 31.1 Å². The molecule has 0 unspecified atom stereocenters. The average Bonchev–Trinajstić information content (AvgIpc) is 3.27. The van der Waals surface area contributed by atoms with Crippen LogP contribution in [-0.4, -0.2) is 37.2 Å². The second kappa shape index (κ2) is 50.8. The summed E-state index contributed by atoms with van der Waals surface area (Å²) in [6, 6.07) is 0. The number of hydrogen-bond donors (Lipinski definition) is 0. The largest absolute Gasteiger partial charge is 0.462 e. The van der Waals surface area contributed by atoms with Gasteiger partial charge in [-0.15, -0.1) is 0 Å². The molecule has 0 saturated carbocycles. The van der Waals surface area contributed by atoms with E-state index in [1.807, 2.05) is 0 Å². The molecular formula is C58H112O6. The molecule has 0 aliphatic carbocycles. The van der Waals surface area contributed by atoms with Crippen LogP contribution in [0.2, 0.25) is 0 Å². The Morgan fingerprint density at radius 1 is 0.297 bits per heavy atom. The minimum absolute atomic E-state index is 0.0628. The molecule has 0 N–H and O–H groups in total. The number of carbonyl (C=O) groups is 3. The Hall–Kier alpha value is -1.59. The Morgan fingerprint density at radius 3 is 0.766 bits per heavy atom. The third-order valence-electron chi connectivity index (χ3n) is 13.2. The van der Waals surface area contributed by atoms with Crippen LogP contribution < -0.4 is 0 Å². The van der Waals surface area contributed by atoms with Crippen molar-refractivity contribution in [2.45, 2.75) is 330 Å².